The highest BCUT2D eigenvalue weighted by atomic mass is 35.5. The van der Waals surface area contributed by atoms with Crippen LogP contribution in [0, 0.1) is 17.3 Å². The van der Waals surface area contributed by atoms with Crippen molar-refractivity contribution in [2.45, 2.75) is 39.3 Å². The summed E-state index contributed by atoms with van der Waals surface area (Å²) in [6.07, 6.45) is 3.50. The zero-order valence-corrected chi connectivity index (χ0v) is 14.8. The summed E-state index contributed by atoms with van der Waals surface area (Å²) in [6, 6.07) is 7.35. The molecule has 2 bridgehead atoms. The van der Waals surface area contributed by atoms with Gasteiger partial charge >= 0.3 is 0 Å². The Labute approximate surface area is 147 Å². The van der Waals surface area contributed by atoms with Crippen molar-refractivity contribution in [3.05, 3.63) is 46.5 Å². The second-order valence-electron chi connectivity index (χ2n) is 7.27. The number of amides is 1. The number of rotatable bonds is 6. The largest absolute Gasteiger partial charge is 0.371 e. The molecule has 5 heteroatoms. The predicted molar refractivity (Wildman–Crippen MR) is 93.3 cm³/mol. The third-order valence-corrected chi connectivity index (χ3v) is 5.93. The van der Waals surface area contributed by atoms with Crippen LogP contribution in [-0.4, -0.2) is 23.9 Å². The van der Waals surface area contributed by atoms with Crippen molar-refractivity contribution < 1.29 is 14.6 Å². The van der Waals surface area contributed by atoms with Crippen LogP contribution in [0.25, 0.3) is 0 Å². The summed E-state index contributed by atoms with van der Waals surface area (Å²) in [5.41, 5.74) is 2.19. The Bertz CT molecular complexity index is 639. The number of hydrogen-bond acceptors (Lipinski definition) is 3. The van der Waals surface area contributed by atoms with E-state index in [1.807, 2.05) is 12.1 Å². The molecule has 0 aromatic heterocycles. The molecule has 0 spiro atoms. The monoisotopic (exact) mass is 349 g/mol. The van der Waals surface area contributed by atoms with E-state index >= 15 is 0 Å². The first-order chi connectivity index (χ1) is 11.4. The summed E-state index contributed by atoms with van der Waals surface area (Å²) < 4.78 is 5.39. The summed E-state index contributed by atoms with van der Waals surface area (Å²) >= 11 is 5.87. The molecule has 0 radical (unpaired) electrons. The van der Waals surface area contributed by atoms with E-state index in [2.05, 4.69) is 25.2 Å². The molecule has 1 amide bonds. The first-order valence-electron chi connectivity index (χ1n) is 8.38. The van der Waals surface area contributed by atoms with E-state index in [9.17, 15) is 9.90 Å². The van der Waals surface area contributed by atoms with E-state index in [0.717, 1.165) is 24.0 Å². The standard InChI is InChI=1S/C19H24ClNO3/c1-19(2)13-5-8-15(16(19)9-13)17(24-11-22)18(23)21-10-12-3-6-14(20)7-4-12/h3-4,6-8,13,16-17,22H,5,9-11H2,1-2H3,(H,21,23). The first kappa shape index (κ1) is 17.5. The number of hydrogen-bond donors (Lipinski definition) is 2. The molecule has 2 N–H and O–H groups in total. The number of nitrogens with one attached hydrogen (secondary N) is 1. The van der Waals surface area contributed by atoms with E-state index < -0.39 is 12.9 Å². The van der Waals surface area contributed by atoms with Crippen LogP contribution in [0.2, 0.25) is 5.02 Å². The van der Waals surface area contributed by atoms with Gasteiger partial charge < -0.3 is 15.2 Å². The minimum Gasteiger partial charge on any atom is -0.371 e. The maximum absolute atomic E-state index is 12.6. The lowest BCUT2D eigenvalue weighted by Gasteiger charge is -2.57. The van der Waals surface area contributed by atoms with Gasteiger partial charge in [-0.05, 0) is 53.4 Å². The predicted octanol–water partition coefficient (Wildman–Crippen LogP) is 3.28. The molecule has 3 atom stereocenters. The van der Waals surface area contributed by atoms with Gasteiger partial charge in [-0.2, -0.15) is 0 Å². The Hall–Kier alpha value is -1.36. The summed E-state index contributed by atoms with van der Waals surface area (Å²) in [5, 5.41) is 12.8. The fraction of sp³-hybridized carbons (Fsp3) is 0.526. The van der Waals surface area contributed by atoms with Crippen molar-refractivity contribution in [1.82, 2.24) is 5.32 Å². The topological polar surface area (TPSA) is 58.6 Å². The number of benzene rings is 1. The quantitative estimate of drug-likeness (QED) is 0.612. The van der Waals surface area contributed by atoms with Crippen molar-refractivity contribution >= 4 is 17.5 Å². The summed E-state index contributed by atoms with van der Waals surface area (Å²) in [5.74, 6) is 0.846. The molecule has 4 rings (SSSR count). The minimum atomic E-state index is -0.715. The number of aliphatic hydroxyl groups excluding tert-OH is 1. The lowest BCUT2D eigenvalue weighted by molar-refractivity contribution is -0.139. The van der Waals surface area contributed by atoms with Gasteiger partial charge in [0.15, 0.2) is 6.10 Å². The molecule has 3 unspecified atom stereocenters. The van der Waals surface area contributed by atoms with Crippen molar-refractivity contribution in [3.63, 3.8) is 0 Å². The van der Waals surface area contributed by atoms with Crippen LogP contribution in [0.1, 0.15) is 32.3 Å². The lowest BCUT2D eigenvalue weighted by atomic mass is 9.48. The van der Waals surface area contributed by atoms with Crippen molar-refractivity contribution in [2.24, 2.45) is 17.3 Å². The molecule has 1 saturated carbocycles. The van der Waals surface area contributed by atoms with E-state index in [0.29, 0.717) is 23.4 Å². The van der Waals surface area contributed by atoms with Crippen LogP contribution >= 0.6 is 11.6 Å². The Balaban J connectivity index is 1.68. The Morgan fingerprint density at radius 1 is 1.42 bits per heavy atom. The van der Waals surface area contributed by atoms with E-state index in [1.54, 1.807) is 12.1 Å². The minimum absolute atomic E-state index is 0.202. The molecule has 24 heavy (non-hydrogen) atoms. The average Bonchev–Trinajstić information content (AvgIpc) is 2.58. The summed E-state index contributed by atoms with van der Waals surface area (Å²) in [7, 11) is 0. The smallest absolute Gasteiger partial charge is 0.253 e. The Kier molecular flexibility index (Phi) is 5.00. The number of fused-ring (bicyclic) bond motifs is 1. The van der Waals surface area contributed by atoms with Crippen molar-refractivity contribution in [2.75, 3.05) is 6.79 Å². The highest BCUT2D eigenvalue weighted by molar-refractivity contribution is 6.30. The molecule has 1 aromatic rings. The van der Waals surface area contributed by atoms with Gasteiger partial charge in [-0.1, -0.05) is 43.7 Å². The van der Waals surface area contributed by atoms with Crippen LogP contribution < -0.4 is 5.32 Å². The SMILES string of the molecule is CC1(C)C2CC=C(C(OCO)C(=O)NCc3ccc(Cl)cc3)C1C2. The van der Waals surface area contributed by atoms with Crippen LogP contribution in [0.4, 0.5) is 0 Å². The highest BCUT2D eigenvalue weighted by Gasteiger charge is 2.53. The van der Waals surface area contributed by atoms with Crippen LogP contribution in [0.15, 0.2) is 35.9 Å². The second-order valence-corrected chi connectivity index (χ2v) is 7.70. The van der Waals surface area contributed by atoms with Gasteiger partial charge in [0, 0.05) is 11.6 Å². The maximum atomic E-state index is 12.6. The van der Waals surface area contributed by atoms with Crippen LogP contribution in [0.3, 0.4) is 0 Å². The van der Waals surface area contributed by atoms with Crippen molar-refractivity contribution in [3.8, 4) is 0 Å². The highest BCUT2D eigenvalue weighted by Crippen LogP contribution is 2.59. The maximum Gasteiger partial charge on any atom is 0.253 e. The van der Waals surface area contributed by atoms with Gasteiger partial charge in [0.05, 0.1) is 0 Å². The van der Waals surface area contributed by atoms with Gasteiger partial charge in [-0.25, -0.2) is 0 Å². The number of ether oxygens (including phenoxy) is 1. The molecule has 0 saturated heterocycles. The van der Waals surface area contributed by atoms with Crippen LogP contribution in [-0.2, 0) is 16.1 Å². The lowest BCUT2D eigenvalue weighted by Crippen LogP contribution is -2.52. The van der Waals surface area contributed by atoms with E-state index in [4.69, 9.17) is 16.3 Å². The number of aliphatic hydroxyl groups is 1. The molecular formula is C19H24ClNO3. The molecule has 1 fully saturated rings. The number of carbonyl (C=O) groups excluding carboxylic acids is 1. The van der Waals surface area contributed by atoms with Gasteiger partial charge in [0.2, 0.25) is 0 Å². The number of carbonyl (C=O) groups is 1. The molecule has 0 aliphatic heterocycles. The third kappa shape index (κ3) is 3.23. The van der Waals surface area contributed by atoms with Gasteiger partial charge in [-0.3, -0.25) is 4.79 Å². The third-order valence-electron chi connectivity index (χ3n) is 5.67. The van der Waals surface area contributed by atoms with E-state index in [-0.39, 0.29) is 11.3 Å². The average molecular weight is 350 g/mol. The first-order valence-corrected chi connectivity index (χ1v) is 8.76. The summed E-state index contributed by atoms with van der Waals surface area (Å²) in [4.78, 5) is 12.6. The second kappa shape index (κ2) is 6.87. The molecule has 0 heterocycles. The fourth-order valence-corrected chi connectivity index (χ4v) is 4.10. The Morgan fingerprint density at radius 3 is 2.71 bits per heavy atom. The Morgan fingerprint density at radius 2 is 2.12 bits per heavy atom. The fourth-order valence-electron chi connectivity index (χ4n) is 3.97. The van der Waals surface area contributed by atoms with Gasteiger partial charge in [-0.15, -0.1) is 0 Å². The molecule has 1 aromatic carbocycles. The van der Waals surface area contributed by atoms with Gasteiger partial charge in [0.25, 0.3) is 5.91 Å². The number of allylic oxidation sites excluding steroid dienone is 1. The zero-order chi connectivity index (χ0) is 17.3. The molecule has 3 aliphatic carbocycles. The van der Waals surface area contributed by atoms with Gasteiger partial charge in [0.1, 0.15) is 6.79 Å². The molecule has 130 valence electrons. The molecule has 4 nitrogen and oxygen atoms in total. The normalized spacial score (nSPS) is 25.4. The molecule has 3 aliphatic rings. The number of halogens is 1. The van der Waals surface area contributed by atoms with Crippen LogP contribution in [0.5, 0.6) is 0 Å². The summed E-state index contributed by atoms with van der Waals surface area (Å²) in [6.45, 7) is 4.44. The van der Waals surface area contributed by atoms with E-state index in [1.165, 1.54) is 0 Å². The zero-order valence-electron chi connectivity index (χ0n) is 14.1. The van der Waals surface area contributed by atoms with Crippen molar-refractivity contribution in [1.29, 1.82) is 0 Å². The molecular weight excluding hydrogens is 326 g/mol.